The fraction of sp³-hybridized carbons (Fsp3) is 0.167. The summed E-state index contributed by atoms with van der Waals surface area (Å²) in [5.41, 5.74) is 3.96. The van der Waals surface area contributed by atoms with Gasteiger partial charge in [-0.2, -0.15) is 47.9 Å². The zero-order valence-corrected chi connectivity index (χ0v) is 21.7. The molecular weight excluding hydrogens is 666 g/mol. The molecule has 0 bridgehead atoms. The van der Waals surface area contributed by atoms with Gasteiger partial charge in [0.1, 0.15) is 0 Å². The summed E-state index contributed by atoms with van der Waals surface area (Å²) < 4.78 is 138. The van der Waals surface area contributed by atoms with Gasteiger partial charge in [-0.3, -0.25) is 4.55 Å². The topological polar surface area (TPSA) is 54.4 Å². The minimum Gasteiger partial charge on any atom is -0.281 e. The fourth-order valence-electron chi connectivity index (χ4n) is 2.72. The first kappa shape index (κ1) is 31.6. The van der Waals surface area contributed by atoms with Crippen LogP contribution in [0.2, 0.25) is 0 Å². The van der Waals surface area contributed by atoms with E-state index < -0.39 is 33.4 Å². The molecule has 0 spiro atoms. The van der Waals surface area contributed by atoms with Crippen molar-refractivity contribution in [1.29, 1.82) is 0 Å². The van der Waals surface area contributed by atoms with E-state index in [1.807, 2.05) is 0 Å². The predicted molar refractivity (Wildman–Crippen MR) is 120 cm³/mol. The molecular formula is C24H17F9IO3S-. The van der Waals surface area contributed by atoms with Gasteiger partial charge in [-0.15, -0.1) is 0 Å². The zero-order chi connectivity index (χ0) is 28.8. The molecule has 2 aromatic carbocycles. The molecule has 3 rings (SSSR count). The molecule has 0 radical (unpaired) electrons. The molecule has 0 saturated heterocycles. The summed E-state index contributed by atoms with van der Waals surface area (Å²) >= 11 is -0.162. The number of halogens is 10. The predicted octanol–water partition coefficient (Wildman–Crippen LogP) is 4.58. The van der Waals surface area contributed by atoms with Gasteiger partial charge in [0.15, 0.2) is 0 Å². The molecule has 0 unspecified atom stereocenters. The quantitative estimate of drug-likeness (QED) is 0.286. The van der Waals surface area contributed by atoms with E-state index in [1.165, 1.54) is 20.3 Å². The third kappa shape index (κ3) is 6.88. The van der Waals surface area contributed by atoms with Crippen LogP contribution < -0.4 is 21.2 Å². The van der Waals surface area contributed by atoms with Crippen LogP contribution in [0.5, 0.6) is 0 Å². The second-order valence-corrected chi connectivity index (χ2v) is 11.2. The van der Waals surface area contributed by atoms with Gasteiger partial charge in [0, 0.05) is 0 Å². The Labute approximate surface area is 222 Å². The molecule has 14 heteroatoms. The average Bonchev–Trinajstić information content (AvgIpc) is 2.96. The van der Waals surface area contributed by atoms with Gasteiger partial charge < -0.3 is 0 Å². The Hall–Kier alpha value is -2.59. The van der Waals surface area contributed by atoms with Crippen LogP contribution >= 0.6 is 0 Å². The molecule has 3 nitrogen and oxygen atoms in total. The van der Waals surface area contributed by atoms with E-state index in [1.54, 1.807) is 0 Å². The van der Waals surface area contributed by atoms with Crippen molar-refractivity contribution in [2.75, 3.05) is 0 Å². The van der Waals surface area contributed by atoms with Crippen molar-refractivity contribution < 1.29 is 73.7 Å². The maximum Gasteiger partial charge on any atom is 0.460 e. The van der Waals surface area contributed by atoms with Gasteiger partial charge in [-0.1, -0.05) is 0 Å². The van der Waals surface area contributed by atoms with Crippen LogP contribution in [0, 0.1) is 0 Å². The summed E-state index contributed by atoms with van der Waals surface area (Å²) in [6.45, 7) is 0. The van der Waals surface area contributed by atoms with E-state index in [4.69, 9.17) is 4.55 Å². The van der Waals surface area contributed by atoms with Gasteiger partial charge in [0.2, 0.25) is 0 Å². The zero-order valence-electron chi connectivity index (χ0n) is 18.7. The number of allylic oxidation sites excluding steroid dienone is 6. The number of hydrogen-bond acceptors (Lipinski definition) is 2. The fourth-order valence-corrected chi connectivity index (χ4v) is 5.52. The summed E-state index contributed by atoms with van der Waals surface area (Å²) in [6.07, 6.45) is 3.59. The number of hydrogen-bond donors (Lipinski definition) is 1. The third-order valence-electron chi connectivity index (χ3n) is 4.63. The Bertz CT molecular complexity index is 1320. The molecule has 0 fully saturated rings. The van der Waals surface area contributed by atoms with E-state index in [0.29, 0.717) is 0 Å². The van der Waals surface area contributed by atoms with Crippen LogP contribution in [-0.2, 0) is 10.1 Å². The molecule has 0 atom stereocenters. The number of benzene rings is 2. The van der Waals surface area contributed by atoms with E-state index in [9.17, 15) is 47.9 Å². The van der Waals surface area contributed by atoms with E-state index in [0.717, 1.165) is 0 Å². The minimum absolute atomic E-state index is 0.162. The number of rotatable bonds is 5. The number of alkyl halides is 9. The second-order valence-electron chi connectivity index (χ2n) is 7.27. The van der Waals surface area contributed by atoms with E-state index >= 15 is 0 Å². The Kier molecular flexibility index (Phi) is 10.0. The van der Waals surface area contributed by atoms with Crippen LogP contribution in [0.4, 0.5) is 39.5 Å². The Morgan fingerprint density at radius 3 is 1.58 bits per heavy atom. The summed E-state index contributed by atoms with van der Waals surface area (Å²) in [4.78, 5) is 0. The van der Waals surface area contributed by atoms with Crippen LogP contribution in [0.3, 0.4) is 0 Å². The standard InChI is InChI=1S/C20H16I.C4HF9O3S/c1-2-10-16-21-20(18-13-7-4-8-14-18)19(15-9-1)17-11-5-3-6-12-17;5-1(6,3(9,10)11)2(7,8)4(12,13)17(14,15)16/h1-16H;(H,14,15,16)/q-1;. The van der Waals surface area contributed by atoms with Gasteiger partial charge in [0.05, 0.1) is 0 Å². The van der Waals surface area contributed by atoms with Crippen molar-refractivity contribution >= 4 is 19.3 Å². The smallest absolute Gasteiger partial charge is 0.281 e. The van der Waals surface area contributed by atoms with Gasteiger partial charge >= 0.3 is 170 Å². The van der Waals surface area contributed by atoms with Gasteiger partial charge in [-0.05, 0) is 0 Å². The molecule has 0 aromatic heterocycles. The molecule has 208 valence electrons. The van der Waals surface area contributed by atoms with Crippen LogP contribution in [0.25, 0.3) is 9.15 Å². The maximum atomic E-state index is 12.2. The third-order valence-corrected chi connectivity index (χ3v) is 8.14. The van der Waals surface area contributed by atoms with Crippen molar-refractivity contribution in [3.63, 3.8) is 0 Å². The van der Waals surface area contributed by atoms with Crippen LogP contribution in [0.1, 0.15) is 11.1 Å². The summed E-state index contributed by atoms with van der Waals surface area (Å²) in [7, 11) is -7.17. The first-order valence-electron chi connectivity index (χ1n) is 10.1. The van der Waals surface area contributed by atoms with Crippen molar-refractivity contribution in [2.45, 2.75) is 23.3 Å². The Balaban J connectivity index is 0.000000275. The molecule has 1 aliphatic rings. The normalized spacial score (nSPS) is 15.5. The Morgan fingerprint density at radius 1 is 0.632 bits per heavy atom. The molecule has 0 aliphatic carbocycles. The van der Waals surface area contributed by atoms with Gasteiger partial charge in [0.25, 0.3) is 0 Å². The molecule has 1 heterocycles. The monoisotopic (exact) mass is 683 g/mol. The van der Waals surface area contributed by atoms with Crippen molar-refractivity contribution in [2.24, 2.45) is 0 Å². The van der Waals surface area contributed by atoms with E-state index in [-0.39, 0.29) is 21.2 Å². The maximum absolute atomic E-state index is 12.2. The molecule has 0 amide bonds. The SMILES string of the molecule is C1=CC=CC(c2ccccc2)=C(c2ccccc2)[I-]C=C1.O=S(=O)(O)C(F)(F)C(F)(F)C(F)(F)C(F)(F)F. The first-order chi connectivity index (χ1) is 17.4. The first-order valence-corrected chi connectivity index (χ1v) is 13.9. The average molecular weight is 683 g/mol. The molecule has 1 N–H and O–H groups in total. The largest absolute Gasteiger partial charge is 0.460 e. The van der Waals surface area contributed by atoms with Crippen LogP contribution in [0.15, 0.2) is 95.1 Å². The van der Waals surface area contributed by atoms with Crippen LogP contribution in [-0.4, -0.2) is 36.2 Å². The van der Waals surface area contributed by atoms with Crippen molar-refractivity contribution in [3.8, 4) is 0 Å². The molecule has 1 aliphatic heterocycles. The Morgan fingerprint density at radius 2 is 1.11 bits per heavy atom. The molecule has 0 saturated carbocycles. The van der Waals surface area contributed by atoms with Gasteiger partial charge in [-0.25, -0.2) is 0 Å². The van der Waals surface area contributed by atoms with E-state index in [2.05, 4.69) is 95.1 Å². The second kappa shape index (κ2) is 12.1. The minimum atomic E-state index is -7.37. The summed E-state index contributed by atoms with van der Waals surface area (Å²) in [5.74, 6) is -14.7. The van der Waals surface area contributed by atoms with Crippen molar-refractivity contribution in [1.82, 2.24) is 0 Å². The summed E-state index contributed by atoms with van der Waals surface area (Å²) in [5, 5.41) is -7.00. The van der Waals surface area contributed by atoms with Crippen molar-refractivity contribution in [3.05, 3.63) is 106 Å². The molecule has 2 aromatic rings. The molecule has 38 heavy (non-hydrogen) atoms. The summed E-state index contributed by atoms with van der Waals surface area (Å²) in [6, 6.07) is 21.4.